The van der Waals surface area contributed by atoms with Gasteiger partial charge < -0.3 is 11.1 Å². The van der Waals surface area contributed by atoms with Gasteiger partial charge in [-0.15, -0.1) is 12.4 Å². The molecule has 0 saturated heterocycles. The van der Waals surface area contributed by atoms with Crippen molar-refractivity contribution in [3.8, 4) is 0 Å². The van der Waals surface area contributed by atoms with E-state index in [-0.39, 0.29) is 24.9 Å². The fourth-order valence-corrected chi connectivity index (χ4v) is 1.87. The average molecular weight is 325 g/mol. The molecule has 0 aromatic heterocycles. The van der Waals surface area contributed by atoms with Gasteiger partial charge in [0.15, 0.2) is 0 Å². The number of carbonyl (C=O) groups is 1. The molecule has 1 amide bonds. The SMILES string of the molecule is CCCC(C)(N)C(=O)NCc1cccc(C(F)(F)F)c1.Cl. The molecule has 0 heterocycles. The minimum Gasteiger partial charge on any atom is -0.350 e. The first kappa shape index (κ1) is 19.7. The van der Waals surface area contributed by atoms with Crippen LogP contribution in [0.5, 0.6) is 0 Å². The molecule has 1 aromatic rings. The number of halogens is 4. The van der Waals surface area contributed by atoms with E-state index in [1.165, 1.54) is 12.1 Å². The molecule has 0 bridgehead atoms. The third-order valence-electron chi connectivity index (χ3n) is 3.00. The highest BCUT2D eigenvalue weighted by Crippen LogP contribution is 2.29. The lowest BCUT2D eigenvalue weighted by Crippen LogP contribution is -2.51. The van der Waals surface area contributed by atoms with Crippen LogP contribution >= 0.6 is 12.4 Å². The maximum absolute atomic E-state index is 12.5. The molecule has 120 valence electrons. The molecule has 0 saturated carbocycles. The van der Waals surface area contributed by atoms with Crippen LogP contribution in [-0.4, -0.2) is 11.4 Å². The van der Waals surface area contributed by atoms with Crippen LogP contribution in [0.15, 0.2) is 24.3 Å². The number of rotatable bonds is 5. The number of nitrogens with two attached hydrogens (primary N) is 1. The van der Waals surface area contributed by atoms with Crippen LogP contribution < -0.4 is 11.1 Å². The number of carbonyl (C=O) groups excluding carboxylic acids is 1. The van der Waals surface area contributed by atoms with Crippen molar-refractivity contribution in [2.75, 3.05) is 0 Å². The molecule has 0 spiro atoms. The van der Waals surface area contributed by atoms with E-state index in [2.05, 4.69) is 5.32 Å². The molecule has 0 radical (unpaired) electrons. The van der Waals surface area contributed by atoms with E-state index >= 15 is 0 Å². The number of hydrogen-bond acceptors (Lipinski definition) is 2. The van der Waals surface area contributed by atoms with Crippen molar-refractivity contribution in [1.82, 2.24) is 5.32 Å². The summed E-state index contributed by atoms with van der Waals surface area (Å²) in [6.45, 7) is 3.54. The molecule has 3 nitrogen and oxygen atoms in total. The maximum atomic E-state index is 12.5. The Kier molecular flexibility index (Phi) is 7.19. The molecule has 0 fully saturated rings. The topological polar surface area (TPSA) is 55.1 Å². The van der Waals surface area contributed by atoms with Crippen molar-refractivity contribution in [3.63, 3.8) is 0 Å². The van der Waals surface area contributed by atoms with Gasteiger partial charge in [-0.05, 0) is 31.0 Å². The summed E-state index contributed by atoms with van der Waals surface area (Å²) in [6, 6.07) is 4.87. The molecule has 7 heteroatoms. The maximum Gasteiger partial charge on any atom is 0.416 e. The van der Waals surface area contributed by atoms with Crippen molar-refractivity contribution in [2.45, 2.75) is 44.9 Å². The molecule has 0 aliphatic rings. The summed E-state index contributed by atoms with van der Waals surface area (Å²) in [6.07, 6.45) is -3.12. The zero-order valence-corrected chi connectivity index (χ0v) is 12.8. The standard InChI is InChI=1S/C14H19F3N2O.ClH/c1-3-7-13(2,18)12(20)19-9-10-5-4-6-11(8-10)14(15,16)17;/h4-6,8H,3,7,9,18H2,1-2H3,(H,19,20);1H. The minimum atomic E-state index is -4.38. The van der Waals surface area contributed by atoms with Gasteiger partial charge in [0.2, 0.25) is 5.91 Å². The van der Waals surface area contributed by atoms with Crippen molar-refractivity contribution >= 4 is 18.3 Å². The van der Waals surface area contributed by atoms with Crippen molar-refractivity contribution in [3.05, 3.63) is 35.4 Å². The Balaban J connectivity index is 0.00000400. The summed E-state index contributed by atoms with van der Waals surface area (Å²) < 4.78 is 37.6. The Labute approximate surface area is 128 Å². The van der Waals surface area contributed by atoms with Crippen molar-refractivity contribution in [1.29, 1.82) is 0 Å². The Hall–Kier alpha value is -1.27. The molecule has 1 atom stereocenters. The van der Waals surface area contributed by atoms with Gasteiger partial charge in [-0.25, -0.2) is 0 Å². The van der Waals surface area contributed by atoms with Gasteiger partial charge in [-0.3, -0.25) is 4.79 Å². The molecule has 1 rings (SSSR count). The van der Waals surface area contributed by atoms with Gasteiger partial charge in [0.1, 0.15) is 0 Å². The minimum absolute atomic E-state index is 0. The van der Waals surface area contributed by atoms with Crippen LogP contribution in [0.2, 0.25) is 0 Å². The monoisotopic (exact) mass is 324 g/mol. The molecule has 3 N–H and O–H groups in total. The van der Waals surface area contributed by atoms with Crippen molar-refractivity contribution in [2.24, 2.45) is 5.73 Å². The van der Waals surface area contributed by atoms with Gasteiger partial charge in [-0.2, -0.15) is 13.2 Å². The second-order valence-corrected chi connectivity index (χ2v) is 5.05. The molecule has 21 heavy (non-hydrogen) atoms. The average Bonchev–Trinajstić information content (AvgIpc) is 2.35. The molecular weight excluding hydrogens is 305 g/mol. The van der Waals surface area contributed by atoms with Crippen LogP contribution in [0.1, 0.15) is 37.8 Å². The largest absolute Gasteiger partial charge is 0.416 e. The number of nitrogens with one attached hydrogen (secondary N) is 1. The van der Waals surface area contributed by atoms with E-state index in [0.29, 0.717) is 12.0 Å². The van der Waals surface area contributed by atoms with Crippen LogP contribution in [0, 0.1) is 0 Å². The number of amides is 1. The second-order valence-electron chi connectivity index (χ2n) is 5.05. The third-order valence-corrected chi connectivity index (χ3v) is 3.00. The van der Waals surface area contributed by atoms with Gasteiger partial charge in [0, 0.05) is 6.54 Å². The van der Waals surface area contributed by atoms with E-state index in [1.54, 1.807) is 6.92 Å². The van der Waals surface area contributed by atoms with Crippen LogP contribution in [0.4, 0.5) is 13.2 Å². The van der Waals surface area contributed by atoms with Crippen LogP contribution in [0.3, 0.4) is 0 Å². The van der Waals surface area contributed by atoms with E-state index < -0.39 is 17.3 Å². The molecular formula is C14H20ClF3N2O. The normalized spacial score (nSPS) is 14.0. The highest BCUT2D eigenvalue weighted by molar-refractivity contribution is 5.85. The highest BCUT2D eigenvalue weighted by Gasteiger charge is 2.30. The molecule has 0 aliphatic heterocycles. The summed E-state index contributed by atoms with van der Waals surface area (Å²) in [5.74, 6) is -0.364. The number of hydrogen-bond donors (Lipinski definition) is 2. The lowest BCUT2D eigenvalue weighted by Gasteiger charge is -2.23. The fourth-order valence-electron chi connectivity index (χ4n) is 1.87. The van der Waals surface area contributed by atoms with Gasteiger partial charge >= 0.3 is 6.18 Å². The van der Waals surface area contributed by atoms with E-state index in [1.807, 2.05) is 6.92 Å². The predicted molar refractivity (Wildman–Crippen MR) is 78.0 cm³/mol. The van der Waals surface area contributed by atoms with Crippen LogP contribution in [-0.2, 0) is 17.5 Å². The highest BCUT2D eigenvalue weighted by atomic mass is 35.5. The summed E-state index contributed by atoms with van der Waals surface area (Å²) in [5, 5.41) is 2.57. The van der Waals surface area contributed by atoms with Gasteiger partial charge in [-0.1, -0.05) is 25.5 Å². The number of benzene rings is 1. The zero-order valence-electron chi connectivity index (χ0n) is 12.0. The first-order valence-corrected chi connectivity index (χ1v) is 6.40. The lowest BCUT2D eigenvalue weighted by molar-refractivity contribution is -0.137. The van der Waals surface area contributed by atoms with E-state index in [9.17, 15) is 18.0 Å². The lowest BCUT2D eigenvalue weighted by atomic mass is 9.96. The summed E-state index contributed by atoms with van der Waals surface area (Å²) >= 11 is 0. The first-order valence-electron chi connectivity index (χ1n) is 6.40. The Morgan fingerprint density at radius 2 is 1.95 bits per heavy atom. The molecule has 1 unspecified atom stereocenters. The third kappa shape index (κ3) is 5.93. The smallest absolute Gasteiger partial charge is 0.350 e. The summed E-state index contributed by atoms with van der Waals surface area (Å²) in [4.78, 5) is 11.9. The summed E-state index contributed by atoms with van der Waals surface area (Å²) in [7, 11) is 0. The summed E-state index contributed by atoms with van der Waals surface area (Å²) in [5.41, 5.74) is 4.50. The quantitative estimate of drug-likeness (QED) is 0.873. The molecule has 0 aliphatic carbocycles. The second kappa shape index (κ2) is 7.66. The fraction of sp³-hybridized carbons (Fsp3) is 0.500. The van der Waals surface area contributed by atoms with E-state index in [4.69, 9.17) is 5.73 Å². The Bertz CT molecular complexity index is 476. The first-order chi connectivity index (χ1) is 9.16. The van der Waals surface area contributed by atoms with E-state index in [0.717, 1.165) is 18.6 Å². The van der Waals surface area contributed by atoms with Gasteiger partial charge in [0.05, 0.1) is 11.1 Å². The molecule has 1 aromatic carbocycles. The van der Waals surface area contributed by atoms with Crippen molar-refractivity contribution < 1.29 is 18.0 Å². The van der Waals surface area contributed by atoms with Gasteiger partial charge in [0.25, 0.3) is 0 Å². The predicted octanol–water partition coefficient (Wildman–Crippen LogP) is 3.26. The zero-order chi connectivity index (χ0) is 15.4. The Morgan fingerprint density at radius 3 is 2.48 bits per heavy atom. The van der Waals surface area contributed by atoms with Crippen LogP contribution in [0.25, 0.3) is 0 Å². The Morgan fingerprint density at radius 1 is 1.33 bits per heavy atom. The number of alkyl halides is 3.